The zero-order valence-corrected chi connectivity index (χ0v) is 14.0. The molecule has 1 unspecified atom stereocenters. The van der Waals surface area contributed by atoms with E-state index in [9.17, 15) is 9.59 Å². The van der Waals surface area contributed by atoms with E-state index in [1.165, 1.54) is 4.57 Å². The lowest BCUT2D eigenvalue weighted by atomic mass is 10.3. The molecule has 22 heavy (non-hydrogen) atoms. The van der Waals surface area contributed by atoms with E-state index < -0.39 is 6.17 Å². The molecule has 1 saturated heterocycles. The van der Waals surface area contributed by atoms with Gasteiger partial charge in [0.05, 0.1) is 10.2 Å². The van der Waals surface area contributed by atoms with Gasteiger partial charge in [-0.3, -0.25) is 24.9 Å². The maximum atomic E-state index is 12.3. The van der Waals surface area contributed by atoms with Gasteiger partial charge in [0, 0.05) is 31.2 Å². The average molecular weight is 363 g/mol. The van der Waals surface area contributed by atoms with Crippen LogP contribution in [0.25, 0.3) is 10.2 Å². The summed E-state index contributed by atoms with van der Waals surface area (Å²) in [5.74, 6) is 5.73. The van der Waals surface area contributed by atoms with E-state index >= 15 is 0 Å². The number of benzene rings is 1. The van der Waals surface area contributed by atoms with Gasteiger partial charge in [-0.2, -0.15) is 0 Å². The Morgan fingerprint density at radius 2 is 1.95 bits per heavy atom. The number of nitrogens with two attached hydrogens (primary N) is 1. The third-order valence-corrected chi connectivity index (χ3v) is 4.86. The second kappa shape index (κ2) is 7.08. The van der Waals surface area contributed by atoms with Gasteiger partial charge in [-0.25, -0.2) is 5.01 Å². The Morgan fingerprint density at radius 3 is 2.59 bits per heavy atom. The van der Waals surface area contributed by atoms with Crippen LogP contribution in [-0.4, -0.2) is 46.9 Å². The van der Waals surface area contributed by atoms with Crippen LogP contribution in [0.15, 0.2) is 23.0 Å². The van der Waals surface area contributed by atoms with Crippen LogP contribution < -0.4 is 10.7 Å². The Labute approximate surface area is 142 Å². The normalized spacial score (nSPS) is 18.1. The Balaban J connectivity index is 0.00000176. The SMILES string of the molecule is Cl.NN1CCN(C(C=O)n2c(=O)sc3ccc(Cl)cc32)CC1. The number of hydrazine groups is 1. The van der Waals surface area contributed by atoms with E-state index in [0.717, 1.165) is 22.3 Å². The van der Waals surface area contributed by atoms with Crippen molar-refractivity contribution >= 4 is 51.8 Å². The largest absolute Gasteiger partial charge is 0.309 e. The lowest BCUT2D eigenvalue weighted by molar-refractivity contribution is -0.116. The van der Waals surface area contributed by atoms with Crippen molar-refractivity contribution in [2.45, 2.75) is 6.17 Å². The van der Waals surface area contributed by atoms with Gasteiger partial charge in [-0.1, -0.05) is 22.9 Å². The Bertz CT molecular complexity index is 724. The molecular formula is C13H16Cl2N4O2S. The molecule has 6 nitrogen and oxygen atoms in total. The molecule has 2 aromatic rings. The van der Waals surface area contributed by atoms with Crippen molar-refractivity contribution in [3.05, 3.63) is 32.9 Å². The fraction of sp³-hybridized carbons (Fsp3) is 0.385. The number of rotatable bonds is 3. The molecule has 9 heteroatoms. The highest BCUT2D eigenvalue weighted by Crippen LogP contribution is 2.25. The summed E-state index contributed by atoms with van der Waals surface area (Å²) in [7, 11) is 0. The Morgan fingerprint density at radius 1 is 1.27 bits per heavy atom. The van der Waals surface area contributed by atoms with Gasteiger partial charge in [-0.05, 0) is 18.2 Å². The molecule has 0 spiro atoms. The number of aldehydes is 1. The van der Waals surface area contributed by atoms with E-state index in [1.54, 1.807) is 23.2 Å². The topological polar surface area (TPSA) is 71.6 Å². The van der Waals surface area contributed by atoms with E-state index in [2.05, 4.69) is 0 Å². The van der Waals surface area contributed by atoms with Crippen molar-refractivity contribution < 1.29 is 4.79 Å². The fourth-order valence-electron chi connectivity index (χ4n) is 2.57. The van der Waals surface area contributed by atoms with Gasteiger partial charge in [0.1, 0.15) is 6.17 Å². The number of piperazine rings is 1. The summed E-state index contributed by atoms with van der Waals surface area (Å²) in [6.07, 6.45) is 0.194. The van der Waals surface area contributed by atoms with E-state index in [0.29, 0.717) is 36.7 Å². The molecular weight excluding hydrogens is 347 g/mol. The predicted octanol–water partition coefficient (Wildman–Crippen LogP) is 1.33. The smallest absolute Gasteiger partial charge is 0.299 e. The molecule has 1 aromatic heterocycles. The quantitative estimate of drug-likeness (QED) is 0.658. The standard InChI is InChI=1S/C13H15ClN4O2S.ClH/c14-9-1-2-11-10(7-9)18(13(20)21-11)12(8-19)16-3-5-17(15)6-4-16;/h1-2,7-8,12H,3-6,15H2;1H. The molecule has 2 N–H and O–H groups in total. The molecule has 2 heterocycles. The zero-order chi connectivity index (χ0) is 15.0. The number of carbonyl (C=O) groups is 1. The second-order valence-electron chi connectivity index (χ2n) is 4.97. The zero-order valence-electron chi connectivity index (χ0n) is 11.6. The lowest BCUT2D eigenvalue weighted by Gasteiger charge is -2.35. The summed E-state index contributed by atoms with van der Waals surface area (Å²) in [4.78, 5) is 25.7. The summed E-state index contributed by atoms with van der Waals surface area (Å²) in [5, 5.41) is 2.26. The minimum atomic E-state index is -0.613. The minimum Gasteiger partial charge on any atom is -0.299 e. The first-order chi connectivity index (χ1) is 10.1. The molecule has 1 aliphatic heterocycles. The Hall–Kier alpha value is -0.960. The lowest BCUT2D eigenvalue weighted by Crippen LogP contribution is -2.52. The summed E-state index contributed by atoms with van der Waals surface area (Å²) < 4.78 is 2.35. The third kappa shape index (κ3) is 3.19. The van der Waals surface area contributed by atoms with Gasteiger partial charge in [0.25, 0.3) is 0 Å². The van der Waals surface area contributed by atoms with Crippen LogP contribution in [0.4, 0.5) is 0 Å². The highest BCUT2D eigenvalue weighted by Gasteiger charge is 2.26. The first-order valence-corrected chi connectivity index (χ1v) is 7.79. The van der Waals surface area contributed by atoms with E-state index in [1.807, 2.05) is 4.90 Å². The van der Waals surface area contributed by atoms with Crippen LogP contribution in [0, 0.1) is 0 Å². The molecule has 1 atom stereocenters. The van der Waals surface area contributed by atoms with Gasteiger partial charge < -0.3 is 0 Å². The van der Waals surface area contributed by atoms with Crippen LogP contribution in [0.3, 0.4) is 0 Å². The number of nitrogens with zero attached hydrogens (tertiary/aromatic N) is 3. The van der Waals surface area contributed by atoms with Crippen molar-refractivity contribution in [1.29, 1.82) is 0 Å². The molecule has 0 bridgehead atoms. The summed E-state index contributed by atoms with van der Waals surface area (Å²) in [6, 6.07) is 5.28. The Kier molecular flexibility index (Phi) is 5.60. The first-order valence-electron chi connectivity index (χ1n) is 6.60. The molecule has 1 fully saturated rings. The highest BCUT2D eigenvalue weighted by atomic mass is 35.5. The maximum absolute atomic E-state index is 12.3. The molecule has 120 valence electrons. The van der Waals surface area contributed by atoms with Crippen molar-refractivity contribution in [3.63, 3.8) is 0 Å². The van der Waals surface area contributed by atoms with Crippen molar-refractivity contribution in [2.75, 3.05) is 26.2 Å². The fourth-order valence-corrected chi connectivity index (χ4v) is 3.63. The van der Waals surface area contributed by atoms with Crippen molar-refractivity contribution in [1.82, 2.24) is 14.5 Å². The number of thiazole rings is 1. The molecule has 0 radical (unpaired) electrons. The first kappa shape index (κ1) is 17.4. The molecule has 0 aliphatic carbocycles. The molecule has 1 aromatic carbocycles. The second-order valence-corrected chi connectivity index (χ2v) is 6.40. The van der Waals surface area contributed by atoms with Crippen LogP contribution in [0.5, 0.6) is 0 Å². The predicted molar refractivity (Wildman–Crippen MR) is 90.8 cm³/mol. The minimum absolute atomic E-state index is 0. The maximum Gasteiger partial charge on any atom is 0.309 e. The summed E-state index contributed by atoms with van der Waals surface area (Å²) >= 11 is 7.14. The number of fused-ring (bicyclic) bond motifs is 1. The average Bonchev–Trinajstić information content (AvgIpc) is 2.78. The van der Waals surface area contributed by atoms with Gasteiger partial charge in [0.15, 0.2) is 6.29 Å². The van der Waals surface area contributed by atoms with Crippen LogP contribution >= 0.6 is 35.3 Å². The third-order valence-electron chi connectivity index (χ3n) is 3.68. The molecule has 0 amide bonds. The van der Waals surface area contributed by atoms with Gasteiger partial charge in [0.2, 0.25) is 0 Å². The van der Waals surface area contributed by atoms with Crippen LogP contribution in [-0.2, 0) is 4.79 Å². The van der Waals surface area contributed by atoms with Crippen molar-refractivity contribution in [3.8, 4) is 0 Å². The number of hydrogen-bond donors (Lipinski definition) is 1. The number of hydrogen-bond acceptors (Lipinski definition) is 6. The van der Waals surface area contributed by atoms with E-state index in [4.69, 9.17) is 17.4 Å². The molecule has 0 saturated carbocycles. The molecule has 1 aliphatic rings. The molecule has 3 rings (SSSR count). The summed E-state index contributed by atoms with van der Waals surface area (Å²) in [6.45, 7) is 2.62. The van der Waals surface area contributed by atoms with Crippen LogP contribution in [0.2, 0.25) is 5.02 Å². The number of carbonyl (C=O) groups excluding carboxylic acids is 1. The van der Waals surface area contributed by atoms with Crippen LogP contribution in [0.1, 0.15) is 6.17 Å². The highest BCUT2D eigenvalue weighted by molar-refractivity contribution is 7.16. The monoisotopic (exact) mass is 362 g/mol. The number of aromatic nitrogens is 1. The van der Waals surface area contributed by atoms with E-state index in [-0.39, 0.29) is 17.3 Å². The van der Waals surface area contributed by atoms with Gasteiger partial charge >= 0.3 is 4.87 Å². The number of halogens is 2. The summed E-state index contributed by atoms with van der Waals surface area (Å²) in [5.41, 5.74) is 0.699. The van der Waals surface area contributed by atoms with Crippen molar-refractivity contribution in [2.24, 2.45) is 5.84 Å². The van der Waals surface area contributed by atoms with Gasteiger partial charge in [-0.15, -0.1) is 12.4 Å².